The van der Waals surface area contributed by atoms with Crippen LogP contribution in [0.15, 0.2) is 54.6 Å². The molecule has 1 aliphatic heterocycles. The zero-order valence-corrected chi connectivity index (χ0v) is 14.1. The van der Waals surface area contributed by atoms with E-state index in [0.29, 0.717) is 6.04 Å². The van der Waals surface area contributed by atoms with Gasteiger partial charge in [-0.05, 0) is 44.4 Å². The van der Waals surface area contributed by atoms with Crippen LogP contribution in [0.2, 0.25) is 0 Å². The molecule has 0 spiro atoms. The second-order valence-corrected chi connectivity index (χ2v) is 7.49. The van der Waals surface area contributed by atoms with Gasteiger partial charge >= 0.3 is 0 Å². The standard InChI is InChI=1S/C21H24N2/c1-21(2,3)23-14-13-17-16-11-7-8-12-18(16)22-19(17)20(23)15-9-5-4-6-10-15/h4-12,20,22H,13-14H2,1-3H3. The molecule has 0 radical (unpaired) electrons. The van der Waals surface area contributed by atoms with Crippen molar-refractivity contribution in [2.24, 2.45) is 0 Å². The van der Waals surface area contributed by atoms with Crippen LogP contribution in [0.3, 0.4) is 0 Å². The predicted octanol–water partition coefficient (Wildman–Crippen LogP) is 4.91. The smallest absolute Gasteiger partial charge is 0.0761 e. The van der Waals surface area contributed by atoms with Crippen molar-refractivity contribution in [3.63, 3.8) is 0 Å². The summed E-state index contributed by atoms with van der Waals surface area (Å²) in [4.78, 5) is 6.35. The van der Waals surface area contributed by atoms with E-state index in [1.807, 2.05) is 0 Å². The lowest BCUT2D eigenvalue weighted by atomic mass is 9.88. The van der Waals surface area contributed by atoms with Crippen LogP contribution in [0, 0.1) is 0 Å². The molecule has 0 bridgehead atoms. The van der Waals surface area contributed by atoms with Crippen molar-refractivity contribution in [3.05, 3.63) is 71.4 Å². The molecular weight excluding hydrogens is 280 g/mol. The maximum absolute atomic E-state index is 3.73. The number of hydrogen-bond donors (Lipinski definition) is 1. The highest BCUT2D eigenvalue weighted by Gasteiger charge is 2.36. The fraction of sp³-hybridized carbons (Fsp3) is 0.333. The highest BCUT2D eigenvalue weighted by Crippen LogP contribution is 2.41. The summed E-state index contributed by atoms with van der Waals surface area (Å²) in [6, 6.07) is 19.9. The van der Waals surface area contributed by atoms with Gasteiger partial charge in [-0.15, -0.1) is 0 Å². The number of aromatic amines is 1. The molecule has 1 aromatic heterocycles. The summed E-state index contributed by atoms with van der Waals surface area (Å²) in [5, 5.41) is 1.39. The number of nitrogens with zero attached hydrogens (tertiary/aromatic N) is 1. The molecular formula is C21H24N2. The highest BCUT2D eigenvalue weighted by atomic mass is 15.2. The highest BCUT2D eigenvalue weighted by molar-refractivity contribution is 5.85. The minimum absolute atomic E-state index is 0.134. The van der Waals surface area contributed by atoms with E-state index >= 15 is 0 Å². The minimum Gasteiger partial charge on any atom is -0.357 e. The van der Waals surface area contributed by atoms with Gasteiger partial charge in [-0.1, -0.05) is 48.5 Å². The summed E-state index contributed by atoms with van der Waals surface area (Å²) in [5.74, 6) is 0. The molecule has 0 saturated heterocycles. The number of hydrogen-bond acceptors (Lipinski definition) is 1. The van der Waals surface area contributed by atoms with Crippen LogP contribution in [0.4, 0.5) is 0 Å². The number of nitrogens with one attached hydrogen (secondary N) is 1. The van der Waals surface area contributed by atoms with Gasteiger partial charge in [-0.3, -0.25) is 4.90 Å². The third-order valence-corrected chi connectivity index (χ3v) is 5.01. The first-order valence-corrected chi connectivity index (χ1v) is 8.47. The Balaban J connectivity index is 1.94. The van der Waals surface area contributed by atoms with Gasteiger partial charge in [0.25, 0.3) is 0 Å². The Morgan fingerprint density at radius 1 is 0.957 bits per heavy atom. The maximum Gasteiger partial charge on any atom is 0.0761 e. The van der Waals surface area contributed by atoms with Crippen LogP contribution in [0.25, 0.3) is 10.9 Å². The summed E-state index contributed by atoms with van der Waals surface area (Å²) in [5.41, 5.74) is 5.63. The number of rotatable bonds is 1. The van der Waals surface area contributed by atoms with Crippen molar-refractivity contribution in [1.82, 2.24) is 9.88 Å². The monoisotopic (exact) mass is 304 g/mol. The first kappa shape index (κ1) is 14.5. The molecule has 2 aromatic carbocycles. The molecule has 118 valence electrons. The molecule has 1 atom stereocenters. The number of aromatic nitrogens is 1. The molecule has 2 heteroatoms. The lowest BCUT2D eigenvalue weighted by Crippen LogP contribution is -2.47. The summed E-state index contributed by atoms with van der Waals surface area (Å²) >= 11 is 0. The van der Waals surface area contributed by atoms with Crippen molar-refractivity contribution in [2.45, 2.75) is 38.8 Å². The largest absolute Gasteiger partial charge is 0.357 e. The van der Waals surface area contributed by atoms with E-state index in [-0.39, 0.29) is 5.54 Å². The third-order valence-electron chi connectivity index (χ3n) is 5.01. The third kappa shape index (κ3) is 2.38. The molecule has 0 aliphatic carbocycles. The molecule has 0 amide bonds. The molecule has 2 nitrogen and oxygen atoms in total. The Morgan fingerprint density at radius 2 is 1.65 bits per heavy atom. The van der Waals surface area contributed by atoms with Crippen molar-refractivity contribution in [1.29, 1.82) is 0 Å². The van der Waals surface area contributed by atoms with Crippen molar-refractivity contribution in [2.75, 3.05) is 6.54 Å². The molecule has 0 fully saturated rings. The Morgan fingerprint density at radius 3 is 2.39 bits per heavy atom. The molecule has 1 aliphatic rings. The average Bonchev–Trinajstić information content (AvgIpc) is 2.92. The number of H-pyrrole nitrogens is 1. The summed E-state index contributed by atoms with van der Waals surface area (Å²) < 4.78 is 0. The Kier molecular flexibility index (Phi) is 3.31. The zero-order valence-electron chi connectivity index (χ0n) is 14.1. The second-order valence-electron chi connectivity index (χ2n) is 7.49. The predicted molar refractivity (Wildman–Crippen MR) is 96.7 cm³/mol. The Bertz CT molecular complexity index is 824. The molecule has 0 saturated carbocycles. The van der Waals surface area contributed by atoms with Gasteiger partial charge in [-0.2, -0.15) is 0 Å². The molecule has 4 rings (SSSR count). The first-order valence-electron chi connectivity index (χ1n) is 8.47. The van der Waals surface area contributed by atoms with Crippen molar-refractivity contribution in [3.8, 4) is 0 Å². The zero-order chi connectivity index (χ0) is 16.0. The normalized spacial score (nSPS) is 19.0. The summed E-state index contributed by atoms with van der Waals surface area (Å²) in [6.07, 6.45) is 1.11. The lowest BCUT2D eigenvalue weighted by molar-refractivity contribution is 0.0911. The van der Waals surface area contributed by atoms with Gasteiger partial charge in [0, 0.05) is 28.7 Å². The van der Waals surface area contributed by atoms with Crippen LogP contribution in [0.1, 0.15) is 43.6 Å². The van der Waals surface area contributed by atoms with Crippen LogP contribution in [-0.2, 0) is 6.42 Å². The fourth-order valence-corrected chi connectivity index (χ4v) is 3.95. The van der Waals surface area contributed by atoms with E-state index in [4.69, 9.17) is 0 Å². The molecule has 1 N–H and O–H groups in total. The SMILES string of the molecule is CC(C)(C)N1CCc2c([nH]c3ccccc23)C1c1ccccc1. The van der Waals surface area contributed by atoms with Crippen LogP contribution in [0.5, 0.6) is 0 Å². The minimum atomic E-state index is 0.134. The van der Waals surface area contributed by atoms with Crippen LogP contribution in [-0.4, -0.2) is 22.0 Å². The quantitative estimate of drug-likeness (QED) is 0.676. The molecule has 1 unspecified atom stereocenters. The molecule has 2 heterocycles. The topological polar surface area (TPSA) is 19.0 Å². The van der Waals surface area contributed by atoms with Crippen molar-refractivity contribution < 1.29 is 0 Å². The first-order chi connectivity index (χ1) is 11.1. The van der Waals surface area contributed by atoms with E-state index < -0.39 is 0 Å². The molecule has 3 aromatic rings. The number of benzene rings is 2. The van der Waals surface area contributed by atoms with E-state index in [9.17, 15) is 0 Å². The van der Waals surface area contributed by atoms with E-state index in [1.54, 1.807) is 0 Å². The van der Waals surface area contributed by atoms with Crippen LogP contribution < -0.4 is 0 Å². The number of para-hydroxylation sites is 1. The second kappa shape index (κ2) is 5.24. The van der Waals surface area contributed by atoms with Crippen LogP contribution >= 0.6 is 0 Å². The van der Waals surface area contributed by atoms with Gasteiger partial charge in [0.1, 0.15) is 0 Å². The average molecular weight is 304 g/mol. The van der Waals surface area contributed by atoms with E-state index in [2.05, 4.69) is 85.3 Å². The van der Waals surface area contributed by atoms with Gasteiger partial charge in [0.2, 0.25) is 0 Å². The maximum atomic E-state index is 3.73. The van der Waals surface area contributed by atoms with Gasteiger partial charge in [0.05, 0.1) is 6.04 Å². The van der Waals surface area contributed by atoms with E-state index in [0.717, 1.165) is 13.0 Å². The summed E-state index contributed by atoms with van der Waals surface area (Å²) in [7, 11) is 0. The summed E-state index contributed by atoms with van der Waals surface area (Å²) in [6.45, 7) is 8.04. The molecule has 23 heavy (non-hydrogen) atoms. The van der Waals surface area contributed by atoms with Crippen molar-refractivity contribution >= 4 is 10.9 Å². The van der Waals surface area contributed by atoms with Gasteiger partial charge in [0.15, 0.2) is 0 Å². The number of fused-ring (bicyclic) bond motifs is 3. The fourth-order valence-electron chi connectivity index (χ4n) is 3.95. The van der Waals surface area contributed by atoms with Gasteiger partial charge in [-0.25, -0.2) is 0 Å². The van der Waals surface area contributed by atoms with E-state index in [1.165, 1.54) is 27.7 Å². The Labute approximate surface area is 138 Å². The lowest BCUT2D eigenvalue weighted by Gasteiger charge is -2.44. The Hall–Kier alpha value is -2.06. The van der Waals surface area contributed by atoms with Gasteiger partial charge < -0.3 is 4.98 Å².